The maximum absolute atomic E-state index is 14.1. The third kappa shape index (κ3) is 4.32. The number of β-amino-alcohol motifs (C(OH)–C–C–N with tert-alkyl or cyclic N) is 1. The van der Waals surface area contributed by atoms with Crippen LogP contribution < -0.4 is 10.6 Å². The first-order valence-corrected chi connectivity index (χ1v) is 8.42. The molecule has 2 fully saturated rings. The highest BCUT2D eigenvalue weighted by atomic mass is 19.4. The van der Waals surface area contributed by atoms with Gasteiger partial charge in [-0.15, -0.1) is 0 Å². The minimum absolute atomic E-state index is 0.0787. The lowest BCUT2D eigenvalue weighted by Gasteiger charge is -2.21. The number of halogens is 5. The van der Waals surface area contributed by atoms with Crippen LogP contribution in [0.5, 0.6) is 0 Å². The zero-order valence-corrected chi connectivity index (χ0v) is 13.7. The van der Waals surface area contributed by atoms with Crippen LogP contribution in [0.2, 0.25) is 0 Å². The maximum atomic E-state index is 14.1. The zero-order valence-electron chi connectivity index (χ0n) is 13.7. The van der Waals surface area contributed by atoms with Crippen molar-refractivity contribution in [2.45, 2.75) is 50.0 Å². The number of carbonyl (C=O) groups is 1. The monoisotopic (exact) mass is 378 g/mol. The number of rotatable bonds is 5. The standard InChI is InChI=1S/C17H19F5N2O2/c18-12-6-11(17(20,21)22)13(19)3-9(12)4-14(8-1-2-8)24-16(26)15-5-10(25)7-23-15/h3,6,8,10,14-15,23,25H,1-2,4-5,7H2,(H,24,26)/t10-,14?,15-/m1/s1. The average molecular weight is 378 g/mol. The van der Waals surface area contributed by atoms with E-state index in [1.165, 1.54) is 0 Å². The first-order valence-electron chi connectivity index (χ1n) is 8.42. The van der Waals surface area contributed by atoms with Crippen molar-refractivity contribution in [1.82, 2.24) is 10.6 Å². The molecule has 1 unspecified atom stereocenters. The third-order valence-corrected chi connectivity index (χ3v) is 4.82. The van der Waals surface area contributed by atoms with E-state index in [4.69, 9.17) is 0 Å². The molecule has 2 aliphatic rings. The summed E-state index contributed by atoms with van der Waals surface area (Å²) in [5.41, 5.74) is -1.85. The summed E-state index contributed by atoms with van der Waals surface area (Å²) in [4.78, 5) is 12.3. The highest BCUT2D eigenvalue weighted by Crippen LogP contribution is 2.36. The molecule has 1 aliphatic heterocycles. The summed E-state index contributed by atoms with van der Waals surface area (Å²) in [5.74, 6) is -2.95. The molecule has 0 spiro atoms. The molecule has 1 aliphatic carbocycles. The second kappa shape index (κ2) is 7.11. The SMILES string of the molecule is O=C(NC(Cc1cc(F)c(C(F)(F)F)cc1F)C1CC1)[C@H]1C[C@@H](O)CN1. The minimum Gasteiger partial charge on any atom is -0.392 e. The van der Waals surface area contributed by atoms with Crippen LogP contribution in [0.15, 0.2) is 12.1 Å². The van der Waals surface area contributed by atoms with Crippen LogP contribution in [0.1, 0.15) is 30.4 Å². The topological polar surface area (TPSA) is 61.4 Å². The molecule has 1 amide bonds. The molecule has 1 saturated heterocycles. The van der Waals surface area contributed by atoms with Gasteiger partial charge < -0.3 is 15.7 Å². The molecule has 144 valence electrons. The first kappa shape index (κ1) is 19.0. The van der Waals surface area contributed by atoms with Gasteiger partial charge in [-0.25, -0.2) is 8.78 Å². The highest BCUT2D eigenvalue weighted by molar-refractivity contribution is 5.82. The molecule has 1 aromatic rings. The molecule has 9 heteroatoms. The fourth-order valence-corrected chi connectivity index (χ4v) is 3.23. The Bertz CT molecular complexity index is 690. The second-order valence-corrected chi connectivity index (χ2v) is 6.93. The van der Waals surface area contributed by atoms with Gasteiger partial charge in [0.15, 0.2) is 0 Å². The van der Waals surface area contributed by atoms with Crippen molar-refractivity contribution in [2.24, 2.45) is 5.92 Å². The van der Waals surface area contributed by atoms with Crippen LogP contribution in [0, 0.1) is 17.6 Å². The van der Waals surface area contributed by atoms with E-state index in [1.54, 1.807) is 0 Å². The summed E-state index contributed by atoms with van der Waals surface area (Å²) in [6.07, 6.45) is -3.82. The van der Waals surface area contributed by atoms with Gasteiger partial charge in [0.05, 0.1) is 17.7 Å². The van der Waals surface area contributed by atoms with Crippen LogP contribution in [0.3, 0.4) is 0 Å². The molecule has 0 bridgehead atoms. The number of carbonyl (C=O) groups excluding carboxylic acids is 1. The summed E-state index contributed by atoms with van der Waals surface area (Å²) < 4.78 is 65.7. The lowest BCUT2D eigenvalue weighted by Crippen LogP contribution is -2.47. The van der Waals surface area contributed by atoms with E-state index in [2.05, 4.69) is 10.6 Å². The predicted molar refractivity (Wildman–Crippen MR) is 82.1 cm³/mol. The van der Waals surface area contributed by atoms with Gasteiger partial charge in [-0.3, -0.25) is 4.79 Å². The van der Waals surface area contributed by atoms with E-state index in [1.807, 2.05) is 0 Å². The lowest BCUT2D eigenvalue weighted by atomic mass is 9.99. The molecule has 3 atom stereocenters. The molecule has 1 saturated carbocycles. The van der Waals surface area contributed by atoms with Crippen molar-refractivity contribution in [2.75, 3.05) is 6.54 Å². The smallest absolute Gasteiger partial charge is 0.392 e. The van der Waals surface area contributed by atoms with Crippen LogP contribution in [-0.2, 0) is 17.4 Å². The normalized spacial score (nSPS) is 24.5. The number of alkyl halides is 3. The third-order valence-electron chi connectivity index (χ3n) is 4.82. The van der Waals surface area contributed by atoms with E-state index in [0.29, 0.717) is 12.6 Å². The van der Waals surface area contributed by atoms with Gasteiger partial charge in [0.25, 0.3) is 0 Å². The van der Waals surface area contributed by atoms with Crippen LogP contribution >= 0.6 is 0 Å². The van der Waals surface area contributed by atoms with Gasteiger partial charge in [-0.05, 0) is 49.3 Å². The second-order valence-electron chi connectivity index (χ2n) is 6.93. The number of hydrogen-bond acceptors (Lipinski definition) is 3. The number of aliphatic hydroxyl groups is 1. The van der Waals surface area contributed by atoms with Crippen molar-refractivity contribution < 1.29 is 31.9 Å². The van der Waals surface area contributed by atoms with Crippen molar-refractivity contribution in [1.29, 1.82) is 0 Å². The van der Waals surface area contributed by atoms with E-state index in [-0.39, 0.29) is 36.3 Å². The summed E-state index contributed by atoms with van der Waals surface area (Å²) in [5, 5.41) is 15.1. The Morgan fingerprint density at radius 1 is 1.27 bits per heavy atom. The van der Waals surface area contributed by atoms with Gasteiger partial charge in [0.2, 0.25) is 5.91 Å². The van der Waals surface area contributed by atoms with Crippen LogP contribution in [0.4, 0.5) is 22.0 Å². The van der Waals surface area contributed by atoms with Gasteiger partial charge in [-0.1, -0.05) is 0 Å². The van der Waals surface area contributed by atoms with Crippen molar-refractivity contribution >= 4 is 5.91 Å². The minimum atomic E-state index is -4.97. The van der Waals surface area contributed by atoms with Crippen molar-refractivity contribution in [3.05, 3.63) is 34.9 Å². The van der Waals surface area contributed by atoms with E-state index in [0.717, 1.165) is 12.8 Å². The average Bonchev–Trinajstić information content (AvgIpc) is 3.29. The fraction of sp³-hybridized carbons (Fsp3) is 0.588. The molecule has 1 aromatic carbocycles. The van der Waals surface area contributed by atoms with E-state index >= 15 is 0 Å². The lowest BCUT2D eigenvalue weighted by molar-refractivity contribution is -0.140. The molecule has 4 nitrogen and oxygen atoms in total. The number of aliphatic hydroxyl groups excluding tert-OH is 1. The molecule has 26 heavy (non-hydrogen) atoms. The number of hydrogen-bond donors (Lipinski definition) is 3. The Hall–Kier alpha value is -1.74. The summed E-state index contributed by atoms with van der Waals surface area (Å²) in [7, 11) is 0. The Labute approximate surface area is 146 Å². The predicted octanol–water partition coefficient (Wildman–Crippen LogP) is 2.14. The van der Waals surface area contributed by atoms with Crippen LogP contribution in [-0.4, -0.2) is 35.7 Å². The summed E-state index contributed by atoms with van der Waals surface area (Å²) in [6, 6.07) is -0.351. The zero-order chi connectivity index (χ0) is 19.1. The summed E-state index contributed by atoms with van der Waals surface area (Å²) >= 11 is 0. The van der Waals surface area contributed by atoms with Crippen molar-refractivity contribution in [3.63, 3.8) is 0 Å². The molecule has 1 heterocycles. The number of nitrogens with one attached hydrogen (secondary N) is 2. The Balaban J connectivity index is 1.72. The molecule has 0 aromatic heterocycles. The largest absolute Gasteiger partial charge is 0.419 e. The Morgan fingerprint density at radius 2 is 1.96 bits per heavy atom. The van der Waals surface area contributed by atoms with Gasteiger partial charge in [0.1, 0.15) is 11.6 Å². The highest BCUT2D eigenvalue weighted by Gasteiger charge is 2.38. The molecular weight excluding hydrogens is 359 g/mol. The van der Waals surface area contributed by atoms with Gasteiger partial charge in [0, 0.05) is 12.6 Å². The Morgan fingerprint density at radius 3 is 2.50 bits per heavy atom. The summed E-state index contributed by atoms with van der Waals surface area (Å²) in [6.45, 7) is 0.297. The van der Waals surface area contributed by atoms with Gasteiger partial charge in [-0.2, -0.15) is 13.2 Å². The van der Waals surface area contributed by atoms with Crippen LogP contribution in [0.25, 0.3) is 0 Å². The van der Waals surface area contributed by atoms with Crippen molar-refractivity contribution in [3.8, 4) is 0 Å². The Kier molecular flexibility index (Phi) is 5.21. The molecule has 0 radical (unpaired) electrons. The maximum Gasteiger partial charge on any atom is 0.419 e. The molecular formula is C17H19F5N2O2. The fourth-order valence-electron chi connectivity index (χ4n) is 3.23. The number of amides is 1. The number of benzene rings is 1. The van der Waals surface area contributed by atoms with E-state index in [9.17, 15) is 31.9 Å². The van der Waals surface area contributed by atoms with E-state index < -0.39 is 41.6 Å². The quantitative estimate of drug-likeness (QED) is 0.688. The molecule has 3 N–H and O–H groups in total. The van der Waals surface area contributed by atoms with Gasteiger partial charge >= 0.3 is 6.18 Å². The molecule has 3 rings (SSSR count). The first-order chi connectivity index (χ1) is 12.1.